The SMILES string of the molecule is COc1ccc(C=CC(=O)NCc2nnc(SCC(=O)Nc3cc([N+](=O)[O-])ccc3C)n2C)cc1OC. The van der Waals surface area contributed by atoms with Crippen molar-refractivity contribution in [1.29, 1.82) is 0 Å². The number of benzene rings is 2. The van der Waals surface area contributed by atoms with Crippen LogP contribution in [0.2, 0.25) is 0 Å². The average Bonchev–Trinajstić information content (AvgIpc) is 3.24. The van der Waals surface area contributed by atoms with Gasteiger partial charge in [-0.1, -0.05) is 23.9 Å². The van der Waals surface area contributed by atoms with Gasteiger partial charge in [0.25, 0.3) is 5.69 Å². The molecule has 0 fully saturated rings. The van der Waals surface area contributed by atoms with Crippen molar-refractivity contribution in [3.63, 3.8) is 0 Å². The molecule has 2 N–H and O–H groups in total. The van der Waals surface area contributed by atoms with Crippen LogP contribution < -0.4 is 20.1 Å². The predicted octanol–water partition coefficient (Wildman–Crippen LogP) is 3.11. The molecular formula is C24H26N6O6S. The van der Waals surface area contributed by atoms with Gasteiger partial charge < -0.3 is 24.7 Å². The highest BCUT2D eigenvalue weighted by atomic mass is 32.2. The lowest BCUT2D eigenvalue weighted by Gasteiger charge is -2.08. The molecule has 0 spiro atoms. The van der Waals surface area contributed by atoms with Crippen molar-refractivity contribution in [2.24, 2.45) is 7.05 Å². The van der Waals surface area contributed by atoms with E-state index in [-0.39, 0.29) is 29.8 Å². The van der Waals surface area contributed by atoms with Gasteiger partial charge in [0.1, 0.15) is 0 Å². The van der Waals surface area contributed by atoms with Gasteiger partial charge in [-0.25, -0.2) is 0 Å². The minimum atomic E-state index is -0.518. The number of methoxy groups -OCH3 is 2. The zero-order valence-electron chi connectivity index (χ0n) is 20.7. The first-order valence-electron chi connectivity index (χ1n) is 11.0. The number of hydrogen-bond donors (Lipinski definition) is 2. The van der Waals surface area contributed by atoms with Crippen molar-refractivity contribution in [3.8, 4) is 11.5 Å². The van der Waals surface area contributed by atoms with E-state index in [1.165, 1.54) is 25.3 Å². The van der Waals surface area contributed by atoms with Crippen LogP contribution in [0.4, 0.5) is 11.4 Å². The minimum absolute atomic E-state index is 0.0223. The van der Waals surface area contributed by atoms with E-state index < -0.39 is 4.92 Å². The second-order valence-electron chi connectivity index (χ2n) is 7.72. The van der Waals surface area contributed by atoms with Crippen LogP contribution in [0.1, 0.15) is 17.0 Å². The summed E-state index contributed by atoms with van der Waals surface area (Å²) in [6.07, 6.45) is 3.05. The molecule has 2 aromatic carbocycles. The number of aromatic nitrogens is 3. The third-order valence-corrected chi connectivity index (χ3v) is 6.24. The molecular weight excluding hydrogens is 500 g/mol. The molecule has 0 radical (unpaired) electrons. The predicted molar refractivity (Wildman–Crippen MR) is 139 cm³/mol. The number of rotatable bonds is 11. The number of nitrogens with one attached hydrogen (secondary N) is 2. The number of non-ortho nitro benzene ring substituents is 1. The summed E-state index contributed by atoms with van der Waals surface area (Å²) < 4.78 is 12.1. The molecule has 194 valence electrons. The van der Waals surface area contributed by atoms with Gasteiger partial charge in [-0.05, 0) is 36.3 Å². The number of thioether (sulfide) groups is 1. The van der Waals surface area contributed by atoms with Gasteiger partial charge >= 0.3 is 0 Å². The summed E-state index contributed by atoms with van der Waals surface area (Å²) in [5, 5.41) is 25.0. The number of nitro benzene ring substituents is 1. The molecule has 0 bridgehead atoms. The molecule has 1 heterocycles. The number of nitro groups is 1. The van der Waals surface area contributed by atoms with E-state index in [4.69, 9.17) is 9.47 Å². The average molecular weight is 527 g/mol. The fourth-order valence-electron chi connectivity index (χ4n) is 3.15. The van der Waals surface area contributed by atoms with Gasteiger partial charge in [0.2, 0.25) is 11.8 Å². The fourth-order valence-corrected chi connectivity index (χ4v) is 3.88. The van der Waals surface area contributed by atoms with E-state index in [1.54, 1.807) is 56.0 Å². The molecule has 0 saturated carbocycles. The molecule has 0 unspecified atom stereocenters. The molecule has 0 saturated heterocycles. The quantitative estimate of drug-likeness (QED) is 0.166. The fraction of sp³-hybridized carbons (Fsp3) is 0.250. The number of carbonyl (C=O) groups is 2. The molecule has 1 aromatic heterocycles. The number of anilines is 1. The zero-order valence-corrected chi connectivity index (χ0v) is 21.5. The summed E-state index contributed by atoms with van der Waals surface area (Å²) in [5.41, 5.74) is 1.75. The van der Waals surface area contributed by atoms with E-state index >= 15 is 0 Å². The Kier molecular flexibility index (Phi) is 9.21. The molecule has 37 heavy (non-hydrogen) atoms. The second kappa shape index (κ2) is 12.5. The van der Waals surface area contributed by atoms with E-state index in [1.807, 2.05) is 0 Å². The standard InChI is InChI=1S/C24H26N6O6S/c1-15-5-8-17(30(33)34)12-18(15)26-23(32)14-37-24-28-27-21(29(24)2)13-25-22(31)10-7-16-6-9-19(35-3)20(11-16)36-4/h5-12H,13-14H2,1-4H3,(H,25,31)(H,26,32). The van der Waals surface area contributed by atoms with E-state index in [0.717, 1.165) is 17.3 Å². The number of hydrogen-bond acceptors (Lipinski definition) is 9. The Labute approximate surface area is 217 Å². The van der Waals surface area contributed by atoms with Crippen LogP contribution in [0.15, 0.2) is 47.6 Å². The molecule has 0 atom stereocenters. The van der Waals surface area contributed by atoms with Gasteiger partial charge in [-0.15, -0.1) is 10.2 Å². The lowest BCUT2D eigenvalue weighted by molar-refractivity contribution is -0.384. The van der Waals surface area contributed by atoms with Crippen molar-refractivity contribution >= 4 is 41.0 Å². The van der Waals surface area contributed by atoms with Crippen LogP contribution in [0, 0.1) is 17.0 Å². The second-order valence-corrected chi connectivity index (χ2v) is 8.66. The third kappa shape index (κ3) is 7.30. The summed E-state index contributed by atoms with van der Waals surface area (Å²) in [6.45, 7) is 1.89. The summed E-state index contributed by atoms with van der Waals surface area (Å²) >= 11 is 1.15. The lowest BCUT2D eigenvalue weighted by atomic mass is 10.2. The smallest absolute Gasteiger partial charge is 0.271 e. The molecule has 3 rings (SSSR count). The number of carbonyl (C=O) groups excluding carboxylic acids is 2. The van der Waals surface area contributed by atoms with Crippen molar-refractivity contribution in [3.05, 3.63) is 69.5 Å². The maximum atomic E-state index is 12.4. The zero-order chi connectivity index (χ0) is 26.9. The third-order valence-electron chi connectivity index (χ3n) is 5.22. The molecule has 12 nitrogen and oxygen atoms in total. The number of ether oxygens (including phenoxy) is 2. The first-order chi connectivity index (χ1) is 17.7. The minimum Gasteiger partial charge on any atom is -0.493 e. The van der Waals surface area contributed by atoms with E-state index in [0.29, 0.717) is 33.7 Å². The van der Waals surface area contributed by atoms with Crippen LogP contribution >= 0.6 is 11.8 Å². The first-order valence-corrected chi connectivity index (χ1v) is 11.9. The highest BCUT2D eigenvalue weighted by Crippen LogP contribution is 2.28. The van der Waals surface area contributed by atoms with E-state index in [2.05, 4.69) is 20.8 Å². The highest BCUT2D eigenvalue weighted by Gasteiger charge is 2.14. The first kappa shape index (κ1) is 27.2. The summed E-state index contributed by atoms with van der Waals surface area (Å²) in [7, 11) is 4.81. The Balaban J connectivity index is 1.52. The maximum Gasteiger partial charge on any atom is 0.271 e. The Morgan fingerprint density at radius 3 is 2.59 bits per heavy atom. The van der Waals surface area contributed by atoms with Crippen molar-refractivity contribution < 1.29 is 24.0 Å². The number of amides is 2. The topological polar surface area (TPSA) is 151 Å². The molecule has 0 aliphatic rings. The maximum absolute atomic E-state index is 12.4. The van der Waals surface area contributed by atoms with Crippen molar-refractivity contribution in [1.82, 2.24) is 20.1 Å². The number of nitrogens with zero attached hydrogens (tertiary/aromatic N) is 4. The molecule has 3 aromatic rings. The molecule has 0 aliphatic carbocycles. The van der Waals surface area contributed by atoms with Gasteiger partial charge in [0, 0.05) is 25.3 Å². The normalized spacial score (nSPS) is 10.8. The summed E-state index contributed by atoms with van der Waals surface area (Å²) in [6, 6.07) is 9.58. The van der Waals surface area contributed by atoms with Crippen LogP contribution in [0.25, 0.3) is 6.08 Å². The van der Waals surface area contributed by atoms with Gasteiger partial charge in [-0.2, -0.15) is 0 Å². The van der Waals surface area contributed by atoms with Crippen LogP contribution in [0.3, 0.4) is 0 Å². The Hall–Kier alpha value is -4.39. The van der Waals surface area contributed by atoms with Crippen LogP contribution in [-0.2, 0) is 23.2 Å². The molecule has 2 amide bonds. The molecule has 13 heteroatoms. The van der Waals surface area contributed by atoms with Gasteiger partial charge in [-0.3, -0.25) is 19.7 Å². The van der Waals surface area contributed by atoms with E-state index in [9.17, 15) is 19.7 Å². The van der Waals surface area contributed by atoms with Gasteiger partial charge in [0.05, 0.1) is 37.1 Å². The largest absolute Gasteiger partial charge is 0.493 e. The Morgan fingerprint density at radius 2 is 1.89 bits per heavy atom. The van der Waals surface area contributed by atoms with Crippen molar-refractivity contribution in [2.75, 3.05) is 25.3 Å². The summed E-state index contributed by atoms with van der Waals surface area (Å²) in [5.74, 6) is 1.02. The van der Waals surface area contributed by atoms with Crippen molar-refractivity contribution in [2.45, 2.75) is 18.6 Å². The van der Waals surface area contributed by atoms with Crippen LogP contribution in [-0.4, -0.2) is 51.5 Å². The van der Waals surface area contributed by atoms with Crippen LogP contribution in [0.5, 0.6) is 11.5 Å². The van der Waals surface area contributed by atoms with Gasteiger partial charge in [0.15, 0.2) is 22.5 Å². The lowest BCUT2D eigenvalue weighted by Crippen LogP contribution is -2.22. The highest BCUT2D eigenvalue weighted by molar-refractivity contribution is 7.99. The molecule has 0 aliphatic heterocycles. The Bertz CT molecular complexity index is 1340. The number of aryl methyl sites for hydroxylation is 1. The monoisotopic (exact) mass is 526 g/mol. The Morgan fingerprint density at radius 1 is 1.14 bits per heavy atom. The summed E-state index contributed by atoms with van der Waals surface area (Å²) in [4.78, 5) is 35.1.